The predicted octanol–water partition coefficient (Wildman–Crippen LogP) is 3.97. The van der Waals surface area contributed by atoms with Crippen LogP contribution in [0.4, 0.5) is 5.13 Å². The monoisotopic (exact) mass is 400 g/mol. The van der Waals surface area contributed by atoms with Gasteiger partial charge in [0.15, 0.2) is 0 Å². The van der Waals surface area contributed by atoms with Crippen LogP contribution in [0.25, 0.3) is 10.6 Å². The average Bonchev–Trinajstić information content (AvgIpc) is 3.31. The highest BCUT2D eigenvalue weighted by molar-refractivity contribution is 7.18. The Labute approximate surface area is 165 Å². The molecular weight excluding hydrogens is 380 g/mol. The van der Waals surface area contributed by atoms with Gasteiger partial charge in [-0.1, -0.05) is 61.1 Å². The van der Waals surface area contributed by atoms with E-state index in [0.717, 1.165) is 16.1 Å². The standard InChI is InChI=1S/C19H20N4O2S2/c1-11(2)15(20-16(24)14-5-4-10-26-14)17(25)21-19-23-22-18(27-19)13-8-6-12(3)7-9-13/h4-11,15H,1-3H3,(H,20,24)(H,21,23,25)/t15-/m0/s1. The molecule has 0 spiro atoms. The molecular formula is C19H20N4O2S2. The first kappa shape index (κ1) is 19.2. The Balaban J connectivity index is 1.69. The highest BCUT2D eigenvalue weighted by Gasteiger charge is 2.26. The Morgan fingerprint density at radius 2 is 1.81 bits per heavy atom. The Bertz CT molecular complexity index is 918. The number of amides is 2. The Morgan fingerprint density at radius 3 is 2.44 bits per heavy atom. The lowest BCUT2D eigenvalue weighted by Gasteiger charge is -2.20. The molecule has 2 N–H and O–H groups in total. The first-order valence-electron chi connectivity index (χ1n) is 8.50. The number of anilines is 1. The molecule has 1 atom stereocenters. The van der Waals surface area contributed by atoms with E-state index in [4.69, 9.17) is 0 Å². The predicted molar refractivity (Wildman–Crippen MR) is 109 cm³/mol. The van der Waals surface area contributed by atoms with Crippen molar-refractivity contribution in [3.63, 3.8) is 0 Å². The van der Waals surface area contributed by atoms with E-state index in [1.807, 2.05) is 50.4 Å². The van der Waals surface area contributed by atoms with E-state index in [0.29, 0.717) is 10.0 Å². The summed E-state index contributed by atoms with van der Waals surface area (Å²) in [5, 5.41) is 16.7. The van der Waals surface area contributed by atoms with Gasteiger partial charge in [-0.05, 0) is 24.3 Å². The minimum Gasteiger partial charge on any atom is -0.339 e. The summed E-state index contributed by atoms with van der Waals surface area (Å²) in [4.78, 5) is 25.5. The second kappa shape index (κ2) is 8.41. The van der Waals surface area contributed by atoms with Gasteiger partial charge in [-0.3, -0.25) is 14.9 Å². The van der Waals surface area contributed by atoms with Gasteiger partial charge in [-0.25, -0.2) is 0 Å². The van der Waals surface area contributed by atoms with Crippen LogP contribution >= 0.6 is 22.7 Å². The van der Waals surface area contributed by atoms with Crippen molar-refractivity contribution in [2.75, 3.05) is 5.32 Å². The fourth-order valence-electron chi connectivity index (χ4n) is 2.42. The molecule has 2 aromatic heterocycles. The lowest BCUT2D eigenvalue weighted by Crippen LogP contribution is -2.46. The number of hydrogen-bond donors (Lipinski definition) is 2. The number of rotatable bonds is 6. The van der Waals surface area contributed by atoms with Crippen LogP contribution in [0.1, 0.15) is 29.1 Å². The van der Waals surface area contributed by atoms with Gasteiger partial charge in [0, 0.05) is 5.56 Å². The van der Waals surface area contributed by atoms with E-state index < -0.39 is 6.04 Å². The van der Waals surface area contributed by atoms with Gasteiger partial charge in [0.25, 0.3) is 5.91 Å². The summed E-state index contributed by atoms with van der Waals surface area (Å²) in [5.74, 6) is -0.628. The van der Waals surface area contributed by atoms with Crippen molar-refractivity contribution in [3.8, 4) is 10.6 Å². The van der Waals surface area contributed by atoms with Crippen molar-refractivity contribution in [1.29, 1.82) is 0 Å². The molecule has 0 saturated heterocycles. The van der Waals surface area contributed by atoms with Crippen molar-refractivity contribution < 1.29 is 9.59 Å². The van der Waals surface area contributed by atoms with Crippen LogP contribution in [0, 0.1) is 12.8 Å². The SMILES string of the molecule is Cc1ccc(-c2nnc(NC(=O)[C@@H](NC(=O)c3cccs3)C(C)C)s2)cc1. The smallest absolute Gasteiger partial charge is 0.262 e. The number of nitrogens with zero attached hydrogens (tertiary/aromatic N) is 2. The molecule has 0 radical (unpaired) electrons. The number of aromatic nitrogens is 2. The van der Waals surface area contributed by atoms with Gasteiger partial charge in [-0.15, -0.1) is 21.5 Å². The molecule has 0 aliphatic rings. The van der Waals surface area contributed by atoms with Crippen LogP contribution in [0.15, 0.2) is 41.8 Å². The summed E-state index contributed by atoms with van der Waals surface area (Å²) in [6.45, 7) is 5.79. The molecule has 3 rings (SSSR count). The molecule has 1 aromatic carbocycles. The van der Waals surface area contributed by atoms with Crippen molar-refractivity contribution in [1.82, 2.24) is 15.5 Å². The van der Waals surface area contributed by atoms with Crippen LogP contribution in [0.3, 0.4) is 0 Å². The molecule has 0 saturated carbocycles. The summed E-state index contributed by atoms with van der Waals surface area (Å²) in [7, 11) is 0. The van der Waals surface area contributed by atoms with E-state index in [1.165, 1.54) is 22.7 Å². The Kier molecular flexibility index (Phi) is 5.98. The highest BCUT2D eigenvalue weighted by Crippen LogP contribution is 2.26. The van der Waals surface area contributed by atoms with E-state index in [-0.39, 0.29) is 17.7 Å². The maximum absolute atomic E-state index is 12.7. The third-order valence-corrected chi connectivity index (χ3v) is 5.69. The molecule has 6 nitrogen and oxygen atoms in total. The minimum atomic E-state index is -0.661. The van der Waals surface area contributed by atoms with Gasteiger partial charge in [0.2, 0.25) is 11.0 Å². The fourth-order valence-corrected chi connectivity index (χ4v) is 3.80. The normalized spacial score (nSPS) is 12.0. The minimum absolute atomic E-state index is 0.0709. The summed E-state index contributed by atoms with van der Waals surface area (Å²) < 4.78 is 0. The third kappa shape index (κ3) is 4.78. The van der Waals surface area contributed by atoms with E-state index in [2.05, 4.69) is 20.8 Å². The van der Waals surface area contributed by atoms with E-state index in [1.54, 1.807) is 12.1 Å². The quantitative estimate of drug-likeness (QED) is 0.656. The Hall–Kier alpha value is -2.58. The van der Waals surface area contributed by atoms with Crippen LogP contribution in [-0.2, 0) is 4.79 Å². The second-order valence-corrected chi connectivity index (χ2v) is 8.37. The molecule has 140 valence electrons. The van der Waals surface area contributed by atoms with Crippen LogP contribution < -0.4 is 10.6 Å². The van der Waals surface area contributed by atoms with Crippen molar-refractivity contribution in [2.24, 2.45) is 5.92 Å². The summed E-state index contributed by atoms with van der Waals surface area (Å²) in [6.07, 6.45) is 0. The third-order valence-electron chi connectivity index (χ3n) is 3.93. The molecule has 0 aliphatic heterocycles. The molecule has 0 unspecified atom stereocenters. The molecule has 8 heteroatoms. The zero-order chi connectivity index (χ0) is 19.4. The molecule has 27 heavy (non-hydrogen) atoms. The van der Waals surface area contributed by atoms with Gasteiger partial charge < -0.3 is 5.32 Å². The average molecular weight is 401 g/mol. The number of hydrogen-bond acceptors (Lipinski definition) is 6. The van der Waals surface area contributed by atoms with Crippen LogP contribution in [-0.4, -0.2) is 28.1 Å². The topological polar surface area (TPSA) is 84.0 Å². The molecule has 0 fully saturated rings. The number of benzene rings is 1. The zero-order valence-corrected chi connectivity index (χ0v) is 16.9. The summed E-state index contributed by atoms with van der Waals surface area (Å²) in [6, 6.07) is 10.8. The molecule has 3 aromatic rings. The molecule has 0 aliphatic carbocycles. The molecule has 2 amide bonds. The number of carbonyl (C=O) groups excluding carboxylic acids is 2. The van der Waals surface area contributed by atoms with Gasteiger partial charge in [-0.2, -0.15) is 0 Å². The van der Waals surface area contributed by atoms with Crippen LogP contribution in [0.5, 0.6) is 0 Å². The number of carbonyl (C=O) groups is 2. The number of thiophene rings is 1. The van der Waals surface area contributed by atoms with E-state index >= 15 is 0 Å². The summed E-state index contributed by atoms with van der Waals surface area (Å²) >= 11 is 2.64. The first-order chi connectivity index (χ1) is 12.9. The maximum atomic E-state index is 12.7. The first-order valence-corrected chi connectivity index (χ1v) is 10.2. The zero-order valence-electron chi connectivity index (χ0n) is 15.2. The van der Waals surface area contributed by atoms with Gasteiger partial charge >= 0.3 is 0 Å². The van der Waals surface area contributed by atoms with Gasteiger partial charge in [0.05, 0.1) is 4.88 Å². The maximum Gasteiger partial charge on any atom is 0.262 e. The second-order valence-electron chi connectivity index (χ2n) is 6.44. The van der Waals surface area contributed by atoms with Gasteiger partial charge in [0.1, 0.15) is 11.0 Å². The van der Waals surface area contributed by atoms with Crippen LogP contribution in [0.2, 0.25) is 0 Å². The number of aryl methyl sites for hydroxylation is 1. The molecule has 0 bridgehead atoms. The van der Waals surface area contributed by atoms with E-state index in [9.17, 15) is 9.59 Å². The summed E-state index contributed by atoms with van der Waals surface area (Å²) in [5.41, 5.74) is 2.11. The highest BCUT2D eigenvalue weighted by atomic mass is 32.1. The van der Waals surface area contributed by atoms with Crippen molar-refractivity contribution in [2.45, 2.75) is 26.8 Å². The molecule has 2 heterocycles. The van der Waals surface area contributed by atoms with Crippen molar-refractivity contribution in [3.05, 3.63) is 52.2 Å². The lowest BCUT2D eigenvalue weighted by molar-refractivity contribution is -0.118. The van der Waals surface area contributed by atoms with Crippen molar-refractivity contribution >= 4 is 39.6 Å². The number of nitrogens with one attached hydrogen (secondary N) is 2. The lowest BCUT2D eigenvalue weighted by atomic mass is 10.0. The fraction of sp³-hybridized carbons (Fsp3) is 0.263. The Morgan fingerprint density at radius 1 is 1.07 bits per heavy atom. The largest absolute Gasteiger partial charge is 0.339 e.